The average Bonchev–Trinajstić information content (AvgIpc) is 2.00. The maximum Gasteiger partial charge on any atom is 0.0175 e. The molecule has 1 aromatic rings. The highest BCUT2D eigenvalue weighted by molar-refractivity contribution is 14.1. The van der Waals surface area contributed by atoms with Crippen molar-refractivity contribution in [3.8, 4) is 0 Å². The van der Waals surface area contributed by atoms with E-state index in [2.05, 4.69) is 57.6 Å². The van der Waals surface area contributed by atoms with Gasteiger partial charge in [-0.15, -0.1) is 0 Å². The number of benzene rings is 1. The van der Waals surface area contributed by atoms with Gasteiger partial charge in [0.15, 0.2) is 0 Å². The average molecular weight is 313 g/mol. The summed E-state index contributed by atoms with van der Waals surface area (Å²) in [4.78, 5) is 1.97. The van der Waals surface area contributed by atoms with Gasteiger partial charge in [0, 0.05) is 4.47 Å². The van der Waals surface area contributed by atoms with Crippen LogP contribution in [0.5, 0.6) is 0 Å². The molecule has 1 aromatic carbocycles. The summed E-state index contributed by atoms with van der Waals surface area (Å²) >= 11 is 5.50. The third-order valence-corrected chi connectivity index (χ3v) is 1.54. The minimum Gasteiger partial charge on any atom is -0.0901 e. The Hall–Kier alpha value is 0.430. The van der Waals surface area contributed by atoms with E-state index in [9.17, 15) is 0 Å². The highest BCUT2D eigenvalue weighted by Crippen LogP contribution is 2.08. The molecule has 2 heteroatoms. The molecule has 0 saturated carbocycles. The summed E-state index contributed by atoms with van der Waals surface area (Å²) in [5, 5.41) is 0. The monoisotopic (exact) mass is 312 g/mol. The molecular formula is C8H10BrI. The first-order valence-corrected chi connectivity index (χ1v) is 5.84. The van der Waals surface area contributed by atoms with Gasteiger partial charge >= 0.3 is 0 Å². The van der Waals surface area contributed by atoms with E-state index in [-0.39, 0.29) is 0 Å². The van der Waals surface area contributed by atoms with E-state index in [1.165, 1.54) is 5.56 Å². The van der Waals surface area contributed by atoms with Crippen molar-refractivity contribution in [2.24, 2.45) is 0 Å². The number of hydrogen-bond acceptors (Lipinski definition) is 0. The minimum absolute atomic E-state index is 1.14. The van der Waals surface area contributed by atoms with Gasteiger partial charge in [-0.1, -0.05) is 56.2 Å². The molecule has 0 unspecified atom stereocenters. The van der Waals surface area contributed by atoms with Crippen LogP contribution in [-0.2, 0) is 0 Å². The highest BCUT2D eigenvalue weighted by atomic mass is 127. The van der Waals surface area contributed by atoms with E-state index in [4.69, 9.17) is 0 Å². The van der Waals surface area contributed by atoms with Crippen LogP contribution in [-0.4, -0.2) is 4.93 Å². The lowest BCUT2D eigenvalue weighted by Crippen LogP contribution is -1.66. The van der Waals surface area contributed by atoms with E-state index in [1.54, 1.807) is 0 Å². The first-order chi connectivity index (χ1) is 4.79. The first kappa shape index (κ1) is 10.4. The fraction of sp³-hybridized carbons (Fsp3) is 0.250. The molecule has 0 amide bonds. The van der Waals surface area contributed by atoms with Crippen LogP contribution in [0.1, 0.15) is 5.56 Å². The molecule has 0 nitrogen and oxygen atoms in total. The Bertz CT molecular complexity index is 148. The molecule has 0 aromatic heterocycles. The molecule has 0 aliphatic rings. The third kappa shape index (κ3) is 4.28. The summed E-state index contributed by atoms with van der Waals surface area (Å²) in [6, 6.07) is 8.22. The summed E-state index contributed by atoms with van der Waals surface area (Å²) in [7, 11) is 0. The zero-order valence-corrected chi connectivity index (χ0v) is 9.81. The van der Waals surface area contributed by atoms with Crippen LogP contribution in [0, 0.1) is 6.92 Å². The van der Waals surface area contributed by atoms with Gasteiger partial charge in [-0.2, -0.15) is 0 Å². The Morgan fingerprint density at radius 3 is 1.80 bits per heavy atom. The quantitative estimate of drug-likeness (QED) is 0.505. The Balaban J connectivity index is 0.000000371. The van der Waals surface area contributed by atoms with Crippen molar-refractivity contribution in [3.05, 3.63) is 34.3 Å². The van der Waals surface area contributed by atoms with Crippen molar-refractivity contribution >= 4 is 38.5 Å². The molecule has 0 fully saturated rings. The van der Waals surface area contributed by atoms with Gasteiger partial charge in [0.2, 0.25) is 0 Å². The van der Waals surface area contributed by atoms with Crippen molar-refractivity contribution in [1.29, 1.82) is 0 Å². The number of halogens is 2. The summed E-state index contributed by atoms with van der Waals surface area (Å²) < 4.78 is 1.14. The van der Waals surface area contributed by atoms with Crippen molar-refractivity contribution in [2.45, 2.75) is 6.92 Å². The van der Waals surface area contributed by atoms with E-state index in [0.717, 1.165) is 4.47 Å². The number of rotatable bonds is 0. The smallest absolute Gasteiger partial charge is 0.0175 e. The second-order valence-corrected chi connectivity index (χ2v) is 2.71. The summed E-state index contributed by atoms with van der Waals surface area (Å²) in [5.74, 6) is 0. The van der Waals surface area contributed by atoms with Crippen LogP contribution < -0.4 is 0 Å². The van der Waals surface area contributed by atoms with Gasteiger partial charge in [0.05, 0.1) is 0 Å². The normalized spacial score (nSPS) is 8.00. The maximum absolute atomic E-state index is 3.35. The zero-order chi connectivity index (χ0) is 7.98. The van der Waals surface area contributed by atoms with Crippen molar-refractivity contribution < 1.29 is 0 Å². The Morgan fingerprint density at radius 1 is 1.10 bits per heavy atom. The molecule has 0 bridgehead atoms. The second-order valence-electron chi connectivity index (χ2n) is 1.80. The topological polar surface area (TPSA) is 0 Å². The maximum atomic E-state index is 3.35. The predicted molar refractivity (Wildman–Crippen MR) is 58.8 cm³/mol. The Morgan fingerprint density at radius 2 is 1.50 bits per heavy atom. The number of alkyl halides is 1. The van der Waals surface area contributed by atoms with Crippen molar-refractivity contribution in [1.82, 2.24) is 0 Å². The van der Waals surface area contributed by atoms with Crippen LogP contribution in [0.25, 0.3) is 0 Å². The molecular weight excluding hydrogens is 303 g/mol. The van der Waals surface area contributed by atoms with Crippen LogP contribution in [0.3, 0.4) is 0 Å². The van der Waals surface area contributed by atoms with E-state index in [0.29, 0.717) is 0 Å². The Labute approximate surface area is 84.3 Å². The van der Waals surface area contributed by atoms with Gasteiger partial charge in [-0.3, -0.25) is 0 Å². The number of aryl methyl sites for hydroxylation is 1. The highest BCUT2D eigenvalue weighted by Gasteiger charge is 1.81. The molecule has 0 spiro atoms. The standard InChI is InChI=1S/C7H7Br.CH3I/c1-6-2-4-7(8)5-3-6;1-2/h2-5H,1H3;1H3. The van der Waals surface area contributed by atoms with Gasteiger partial charge in [-0.25, -0.2) is 0 Å². The van der Waals surface area contributed by atoms with Crippen molar-refractivity contribution in [2.75, 3.05) is 4.93 Å². The summed E-state index contributed by atoms with van der Waals surface area (Å²) in [5.41, 5.74) is 1.30. The molecule has 0 N–H and O–H groups in total. The lowest BCUT2D eigenvalue weighted by atomic mass is 10.2. The fourth-order valence-corrected chi connectivity index (χ4v) is 0.798. The molecule has 10 heavy (non-hydrogen) atoms. The predicted octanol–water partition coefficient (Wildman–Crippen LogP) is 3.81. The van der Waals surface area contributed by atoms with Crippen LogP contribution in [0.15, 0.2) is 28.7 Å². The number of hydrogen-bond donors (Lipinski definition) is 0. The first-order valence-electron chi connectivity index (χ1n) is 2.89. The zero-order valence-electron chi connectivity index (χ0n) is 6.07. The van der Waals surface area contributed by atoms with E-state index < -0.39 is 0 Å². The van der Waals surface area contributed by atoms with Crippen LogP contribution >= 0.6 is 38.5 Å². The molecule has 0 radical (unpaired) electrons. The van der Waals surface area contributed by atoms with E-state index >= 15 is 0 Å². The summed E-state index contributed by atoms with van der Waals surface area (Å²) in [6.45, 7) is 2.08. The van der Waals surface area contributed by atoms with Gasteiger partial charge in [0.25, 0.3) is 0 Å². The van der Waals surface area contributed by atoms with Crippen molar-refractivity contribution in [3.63, 3.8) is 0 Å². The fourth-order valence-electron chi connectivity index (χ4n) is 0.533. The van der Waals surface area contributed by atoms with Crippen LogP contribution in [0.2, 0.25) is 0 Å². The Kier molecular flexibility index (Phi) is 6.43. The molecule has 0 aliphatic carbocycles. The molecule has 0 aliphatic heterocycles. The van der Waals surface area contributed by atoms with E-state index in [1.807, 2.05) is 17.1 Å². The lowest BCUT2D eigenvalue weighted by Gasteiger charge is -1.88. The molecule has 56 valence electrons. The molecule has 0 saturated heterocycles. The summed E-state index contributed by atoms with van der Waals surface area (Å²) in [6.07, 6.45) is 0. The molecule has 0 atom stereocenters. The molecule has 1 rings (SSSR count). The lowest BCUT2D eigenvalue weighted by molar-refractivity contribution is 1.46. The second kappa shape index (κ2) is 6.16. The molecule has 0 heterocycles. The van der Waals surface area contributed by atoms with Gasteiger partial charge < -0.3 is 0 Å². The minimum atomic E-state index is 1.14. The van der Waals surface area contributed by atoms with Gasteiger partial charge in [-0.05, 0) is 24.0 Å². The third-order valence-electron chi connectivity index (χ3n) is 1.01. The van der Waals surface area contributed by atoms with Crippen LogP contribution in [0.4, 0.5) is 0 Å². The largest absolute Gasteiger partial charge is 0.0901 e. The van der Waals surface area contributed by atoms with Gasteiger partial charge in [0.1, 0.15) is 0 Å². The SMILES string of the molecule is CI.Cc1ccc(Br)cc1.